The van der Waals surface area contributed by atoms with Crippen LogP contribution in [0.2, 0.25) is 0 Å². The first-order chi connectivity index (χ1) is 8.69. The molecular formula is C13H18ClNO3. The van der Waals surface area contributed by atoms with Gasteiger partial charge in [0.2, 0.25) is 0 Å². The van der Waals surface area contributed by atoms with Crippen LogP contribution in [0.5, 0.6) is 5.75 Å². The molecule has 1 aromatic rings. The Balaban J connectivity index is 2.51. The molecule has 0 saturated heterocycles. The van der Waals surface area contributed by atoms with Gasteiger partial charge in [-0.05, 0) is 18.2 Å². The number of amides is 1. The van der Waals surface area contributed by atoms with Crippen LogP contribution >= 0.6 is 11.6 Å². The molecule has 0 aliphatic heterocycles. The van der Waals surface area contributed by atoms with Gasteiger partial charge in [0.25, 0.3) is 5.91 Å². The number of likely N-dealkylation sites (N-methyl/N-ethyl adjacent to an activating group) is 1. The predicted molar refractivity (Wildman–Crippen MR) is 71.5 cm³/mol. The van der Waals surface area contributed by atoms with Crippen molar-refractivity contribution in [1.82, 2.24) is 4.90 Å². The van der Waals surface area contributed by atoms with Crippen molar-refractivity contribution < 1.29 is 14.3 Å². The number of alkyl halides is 1. The second-order valence-corrected chi connectivity index (χ2v) is 4.14. The van der Waals surface area contributed by atoms with Crippen LogP contribution in [0.4, 0.5) is 0 Å². The number of halogens is 1. The standard InChI is InChI=1S/C13H18ClNO3/c1-15(7-9-18-8-6-14)13(16)11-4-3-5-12(10-11)17-2/h3-5,10H,6-9H2,1-2H3. The van der Waals surface area contributed by atoms with Gasteiger partial charge in [-0.1, -0.05) is 6.07 Å². The molecule has 0 aliphatic carbocycles. The van der Waals surface area contributed by atoms with Gasteiger partial charge in [0.1, 0.15) is 5.75 Å². The summed E-state index contributed by atoms with van der Waals surface area (Å²) in [6, 6.07) is 7.09. The van der Waals surface area contributed by atoms with E-state index < -0.39 is 0 Å². The average Bonchev–Trinajstić information content (AvgIpc) is 2.42. The molecule has 0 unspecified atom stereocenters. The molecule has 0 saturated carbocycles. The van der Waals surface area contributed by atoms with Gasteiger partial charge in [-0.15, -0.1) is 11.6 Å². The van der Waals surface area contributed by atoms with Crippen LogP contribution < -0.4 is 4.74 Å². The Labute approximate surface area is 112 Å². The fourth-order valence-electron chi connectivity index (χ4n) is 1.44. The third-order valence-corrected chi connectivity index (χ3v) is 2.61. The summed E-state index contributed by atoms with van der Waals surface area (Å²) in [6.07, 6.45) is 0. The molecule has 0 spiro atoms. The molecule has 1 rings (SSSR count). The number of carbonyl (C=O) groups is 1. The Kier molecular flexibility index (Phi) is 6.54. The number of methoxy groups -OCH3 is 1. The second-order valence-electron chi connectivity index (χ2n) is 3.76. The summed E-state index contributed by atoms with van der Waals surface area (Å²) < 4.78 is 10.3. The van der Waals surface area contributed by atoms with Crippen molar-refractivity contribution in [2.45, 2.75) is 0 Å². The van der Waals surface area contributed by atoms with Gasteiger partial charge >= 0.3 is 0 Å². The van der Waals surface area contributed by atoms with Crippen molar-refractivity contribution in [3.8, 4) is 5.75 Å². The maximum absolute atomic E-state index is 12.1. The van der Waals surface area contributed by atoms with E-state index in [2.05, 4.69) is 0 Å². The number of benzene rings is 1. The number of carbonyl (C=O) groups excluding carboxylic acids is 1. The number of hydrogen-bond donors (Lipinski definition) is 0. The summed E-state index contributed by atoms with van der Waals surface area (Å²) >= 11 is 5.49. The normalized spacial score (nSPS) is 10.2. The molecule has 18 heavy (non-hydrogen) atoms. The first-order valence-electron chi connectivity index (χ1n) is 5.72. The summed E-state index contributed by atoms with van der Waals surface area (Å²) in [5, 5.41) is 0. The van der Waals surface area contributed by atoms with E-state index in [4.69, 9.17) is 21.1 Å². The first-order valence-corrected chi connectivity index (χ1v) is 6.25. The quantitative estimate of drug-likeness (QED) is 0.563. The SMILES string of the molecule is COc1cccc(C(=O)N(C)CCOCCCl)c1. The van der Waals surface area contributed by atoms with Crippen LogP contribution in [0.15, 0.2) is 24.3 Å². The van der Waals surface area contributed by atoms with Crippen molar-refractivity contribution in [3.05, 3.63) is 29.8 Å². The largest absolute Gasteiger partial charge is 0.497 e. The Morgan fingerprint density at radius 1 is 1.39 bits per heavy atom. The molecule has 100 valence electrons. The monoisotopic (exact) mass is 271 g/mol. The molecule has 5 heteroatoms. The summed E-state index contributed by atoms with van der Waals surface area (Å²) in [7, 11) is 3.32. The Morgan fingerprint density at radius 2 is 2.17 bits per heavy atom. The van der Waals surface area contributed by atoms with Crippen molar-refractivity contribution in [2.24, 2.45) is 0 Å². The highest BCUT2D eigenvalue weighted by Crippen LogP contribution is 2.13. The number of ether oxygens (including phenoxy) is 2. The molecule has 0 radical (unpaired) electrons. The topological polar surface area (TPSA) is 38.8 Å². The Morgan fingerprint density at radius 3 is 2.83 bits per heavy atom. The smallest absolute Gasteiger partial charge is 0.253 e. The van der Waals surface area contributed by atoms with Gasteiger partial charge in [0, 0.05) is 25.0 Å². The van der Waals surface area contributed by atoms with Gasteiger partial charge in [0.05, 0.1) is 20.3 Å². The Bertz CT molecular complexity index is 384. The van der Waals surface area contributed by atoms with E-state index in [-0.39, 0.29) is 5.91 Å². The maximum atomic E-state index is 12.1. The van der Waals surface area contributed by atoms with Crippen LogP contribution in [0, 0.1) is 0 Å². The minimum absolute atomic E-state index is 0.0524. The van der Waals surface area contributed by atoms with Crippen molar-refractivity contribution in [3.63, 3.8) is 0 Å². The minimum Gasteiger partial charge on any atom is -0.497 e. The van der Waals surface area contributed by atoms with Crippen LogP contribution in [0.25, 0.3) is 0 Å². The van der Waals surface area contributed by atoms with Gasteiger partial charge in [-0.3, -0.25) is 4.79 Å². The zero-order valence-corrected chi connectivity index (χ0v) is 11.4. The fourth-order valence-corrected chi connectivity index (χ4v) is 1.55. The van der Waals surface area contributed by atoms with Gasteiger partial charge in [-0.2, -0.15) is 0 Å². The number of nitrogens with zero attached hydrogens (tertiary/aromatic N) is 1. The summed E-state index contributed by atoms with van der Waals surface area (Å²) in [4.78, 5) is 13.7. The highest BCUT2D eigenvalue weighted by molar-refractivity contribution is 6.17. The molecule has 0 aromatic heterocycles. The van der Waals surface area contributed by atoms with Crippen molar-refractivity contribution >= 4 is 17.5 Å². The van der Waals surface area contributed by atoms with Gasteiger partial charge < -0.3 is 14.4 Å². The lowest BCUT2D eigenvalue weighted by molar-refractivity contribution is 0.0711. The van der Waals surface area contributed by atoms with E-state index in [9.17, 15) is 4.79 Å². The molecule has 1 aromatic carbocycles. The lowest BCUT2D eigenvalue weighted by Gasteiger charge is -2.17. The van der Waals surface area contributed by atoms with E-state index in [0.717, 1.165) is 0 Å². The third-order valence-electron chi connectivity index (χ3n) is 2.46. The molecule has 0 fully saturated rings. The van der Waals surface area contributed by atoms with E-state index in [1.54, 1.807) is 43.3 Å². The summed E-state index contributed by atoms with van der Waals surface area (Å²) in [5.74, 6) is 1.09. The number of hydrogen-bond acceptors (Lipinski definition) is 3. The average molecular weight is 272 g/mol. The lowest BCUT2D eigenvalue weighted by Crippen LogP contribution is -2.30. The van der Waals surface area contributed by atoms with Crippen molar-refractivity contribution in [1.29, 1.82) is 0 Å². The van der Waals surface area contributed by atoms with Crippen molar-refractivity contribution in [2.75, 3.05) is 39.8 Å². The summed E-state index contributed by atoms with van der Waals surface area (Å²) in [5.41, 5.74) is 0.606. The van der Waals surface area contributed by atoms with Gasteiger partial charge in [-0.25, -0.2) is 0 Å². The van der Waals surface area contributed by atoms with E-state index in [0.29, 0.717) is 37.0 Å². The molecule has 1 amide bonds. The van der Waals surface area contributed by atoms with Crippen LogP contribution in [-0.4, -0.2) is 50.6 Å². The molecule has 0 N–H and O–H groups in total. The number of rotatable bonds is 7. The highest BCUT2D eigenvalue weighted by Gasteiger charge is 2.11. The Hall–Kier alpha value is -1.26. The molecular weight excluding hydrogens is 254 g/mol. The molecule has 0 bridgehead atoms. The minimum atomic E-state index is -0.0524. The fraction of sp³-hybridized carbons (Fsp3) is 0.462. The zero-order valence-electron chi connectivity index (χ0n) is 10.7. The zero-order chi connectivity index (χ0) is 13.4. The highest BCUT2D eigenvalue weighted by atomic mass is 35.5. The third kappa shape index (κ3) is 4.55. The lowest BCUT2D eigenvalue weighted by atomic mass is 10.2. The maximum Gasteiger partial charge on any atom is 0.253 e. The molecule has 0 atom stereocenters. The van der Waals surface area contributed by atoms with E-state index >= 15 is 0 Å². The molecule has 4 nitrogen and oxygen atoms in total. The second kappa shape index (κ2) is 7.95. The predicted octanol–water partition coefficient (Wildman–Crippen LogP) is 2.02. The first kappa shape index (κ1) is 14.8. The van der Waals surface area contributed by atoms with Crippen LogP contribution in [0.3, 0.4) is 0 Å². The molecule has 0 aliphatic rings. The van der Waals surface area contributed by atoms with E-state index in [1.165, 1.54) is 0 Å². The van der Waals surface area contributed by atoms with Gasteiger partial charge in [0.15, 0.2) is 0 Å². The van der Waals surface area contributed by atoms with Crippen LogP contribution in [-0.2, 0) is 4.74 Å². The van der Waals surface area contributed by atoms with E-state index in [1.807, 2.05) is 0 Å². The molecule has 0 heterocycles. The summed E-state index contributed by atoms with van der Waals surface area (Å²) in [6.45, 7) is 1.52. The van der Waals surface area contributed by atoms with Crippen LogP contribution in [0.1, 0.15) is 10.4 Å².